The molecule has 0 spiro atoms. The first-order valence-corrected chi connectivity index (χ1v) is 7.72. The minimum absolute atomic E-state index is 0.208. The molecule has 23 heavy (non-hydrogen) atoms. The third-order valence-electron chi connectivity index (χ3n) is 2.94. The van der Waals surface area contributed by atoms with Gasteiger partial charge in [-0.1, -0.05) is 24.3 Å². The van der Waals surface area contributed by atoms with Crippen molar-refractivity contribution in [2.75, 3.05) is 6.61 Å². The van der Waals surface area contributed by atoms with E-state index in [1.807, 2.05) is 0 Å². The fourth-order valence-electron chi connectivity index (χ4n) is 1.88. The van der Waals surface area contributed by atoms with Crippen molar-refractivity contribution >= 4 is 27.4 Å². The molecular formula is C14H11F3O5S. The lowest BCUT2D eigenvalue weighted by Gasteiger charge is -2.10. The molecule has 2 aromatic rings. The summed E-state index contributed by atoms with van der Waals surface area (Å²) in [6.45, 7) is 0.547. The van der Waals surface area contributed by atoms with Crippen molar-refractivity contribution < 1.29 is 35.3 Å². The van der Waals surface area contributed by atoms with Gasteiger partial charge in [-0.15, -0.1) is 0 Å². The van der Waals surface area contributed by atoms with Gasteiger partial charge in [0.05, 0.1) is 6.61 Å². The highest BCUT2D eigenvalue weighted by Crippen LogP contribution is 2.29. The zero-order valence-corrected chi connectivity index (χ0v) is 12.4. The van der Waals surface area contributed by atoms with Crippen molar-refractivity contribution in [3.63, 3.8) is 0 Å². The first kappa shape index (κ1) is 17.1. The topological polar surface area (TPSA) is 69.7 Å². The Morgan fingerprint density at radius 3 is 2.35 bits per heavy atom. The SMILES string of the molecule is O=COCCc1ccc2cc(OS(=O)(=O)C(F)(F)F)ccc2c1. The van der Waals surface area contributed by atoms with E-state index in [0.29, 0.717) is 23.7 Å². The molecule has 5 nitrogen and oxygen atoms in total. The Morgan fingerprint density at radius 1 is 1.04 bits per heavy atom. The molecule has 0 bridgehead atoms. The average molecular weight is 348 g/mol. The van der Waals surface area contributed by atoms with Gasteiger partial charge in [0.25, 0.3) is 6.47 Å². The van der Waals surface area contributed by atoms with Crippen molar-refractivity contribution in [3.05, 3.63) is 42.0 Å². The predicted molar refractivity (Wildman–Crippen MR) is 75.3 cm³/mol. The van der Waals surface area contributed by atoms with Crippen LogP contribution in [-0.4, -0.2) is 27.0 Å². The molecule has 0 aliphatic carbocycles. The molecule has 0 aliphatic heterocycles. The van der Waals surface area contributed by atoms with Crippen LogP contribution in [0.15, 0.2) is 36.4 Å². The number of carbonyl (C=O) groups excluding carboxylic acids is 1. The predicted octanol–water partition coefficient (Wildman–Crippen LogP) is 2.78. The van der Waals surface area contributed by atoms with Gasteiger partial charge < -0.3 is 8.92 Å². The van der Waals surface area contributed by atoms with Crippen LogP contribution in [0.2, 0.25) is 0 Å². The van der Waals surface area contributed by atoms with Crippen LogP contribution in [0.25, 0.3) is 10.8 Å². The summed E-state index contributed by atoms with van der Waals surface area (Å²) >= 11 is 0. The number of hydrogen-bond donors (Lipinski definition) is 0. The van der Waals surface area contributed by atoms with Crippen LogP contribution < -0.4 is 4.18 Å². The molecule has 0 aromatic heterocycles. The summed E-state index contributed by atoms with van der Waals surface area (Å²) in [4.78, 5) is 10.1. The van der Waals surface area contributed by atoms with Gasteiger partial charge in [0, 0.05) is 6.42 Å². The number of fused-ring (bicyclic) bond motifs is 1. The van der Waals surface area contributed by atoms with Gasteiger partial charge in [0.1, 0.15) is 5.75 Å². The van der Waals surface area contributed by atoms with E-state index in [1.165, 1.54) is 12.1 Å². The Morgan fingerprint density at radius 2 is 1.70 bits per heavy atom. The third-order valence-corrected chi connectivity index (χ3v) is 3.92. The fraction of sp³-hybridized carbons (Fsp3) is 0.214. The van der Waals surface area contributed by atoms with Crippen molar-refractivity contribution in [1.29, 1.82) is 0 Å². The second kappa shape index (κ2) is 6.45. The minimum atomic E-state index is -5.69. The Kier molecular flexibility index (Phi) is 4.79. The maximum absolute atomic E-state index is 12.3. The lowest BCUT2D eigenvalue weighted by Crippen LogP contribution is -2.28. The summed E-state index contributed by atoms with van der Waals surface area (Å²) in [5.74, 6) is -0.424. The average Bonchev–Trinajstić information content (AvgIpc) is 2.46. The number of hydrogen-bond acceptors (Lipinski definition) is 5. The smallest absolute Gasteiger partial charge is 0.468 e. The molecule has 9 heteroatoms. The van der Waals surface area contributed by atoms with Crippen LogP contribution >= 0.6 is 0 Å². The van der Waals surface area contributed by atoms with Crippen LogP contribution in [0.5, 0.6) is 5.75 Å². The van der Waals surface area contributed by atoms with Crippen molar-refractivity contribution in [2.45, 2.75) is 11.9 Å². The molecule has 0 aliphatic rings. The van der Waals surface area contributed by atoms with E-state index >= 15 is 0 Å². The Bertz CT molecular complexity index is 815. The van der Waals surface area contributed by atoms with Crippen LogP contribution in [0, 0.1) is 0 Å². The molecule has 0 unspecified atom stereocenters. The molecular weight excluding hydrogens is 337 g/mol. The van der Waals surface area contributed by atoms with E-state index in [0.717, 1.165) is 11.6 Å². The van der Waals surface area contributed by atoms with E-state index in [2.05, 4.69) is 8.92 Å². The molecule has 0 saturated heterocycles. The molecule has 0 heterocycles. The lowest BCUT2D eigenvalue weighted by molar-refractivity contribution is -0.128. The monoisotopic (exact) mass is 348 g/mol. The summed E-state index contributed by atoms with van der Waals surface area (Å²) in [6, 6.07) is 8.84. The van der Waals surface area contributed by atoms with E-state index in [-0.39, 0.29) is 6.61 Å². The molecule has 0 N–H and O–H groups in total. The highest BCUT2D eigenvalue weighted by molar-refractivity contribution is 7.88. The van der Waals surface area contributed by atoms with E-state index in [1.54, 1.807) is 18.2 Å². The second-order valence-corrected chi connectivity index (χ2v) is 6.08. The lowest BCUT2D eigenvalue weighted by atomic mass is 10.1. The first-order valence-electron chi connectivity index (χ1n) is 6.31. The Balaban J connectivity index is 2.23. The third kappa shape index (κ3) is 4.13. The summed E-state index contributed by atoms with van der Waals surface area (Å²) in [7, 11) is -5.69. The summed E-state index contributed by atoms with van der Waals surface area (Å²) < 4.78 is 67.4. The number of alkyl halides is 3. The van der Waals surface area contributed by atoms with Gasteiger partial charge in [0.2, 0.25) is 0 Å². The van der Waals surface area contributed by atoms with Crippen LogP contribution in [-0.2, 0) is 26.1 Å². The van der Waals surface area contributed by atoms with Crippen LogP contribution in [0.4, 0.5) is 13.2 Å². The van der Waals surface area contributed by atoms with Gasteiger partial charge in [-0.25, -0.2) is 0 Å². The fourth-order valence-corrected chi connectivity index (χ4v) is 2.33. The molecule has 0 radical (unpaired) electrons. The summed E-state index contributed by atoms with van der Waals surface area (Å²) in [5.41, 5.74) is -4.62. The van der Waals surface area contributed by atoms with Crippen LogP contribution in [0.3, 0.4) is 0 Å². The Labute approximate surface area is 129 Å². The standard InChI is InChI=1S/C14H11F3O5S/c15-14(16,17)23(19,20)22-13-4-3-11-7-10(5-6-21-9-18)1-2-12(11)8-13/h1-4,7-9H,5-6H2. The van der Waals surface area contributed by atoms with E-state index < -0.39 is 21.4 Å². The molecule has 0 atom stereocenters. The van der Waals surface area contributed by atoms with Crippen molar-refractivity contribution in [3.8, 4) is 5.75 Å². The van der Waals surface area contributed by atoms with Gasteiger partial charge in [0.15, 0.2) is 0 Å². The zero-order valence-electron chi connectivity index (χ0n) is 11.5. The normalized spacial score (nSPS) is 12.1. The maximum atomic E-state index is 12.3. The molecule has 2 aromatic carbocycles. The largest absolute Gasteiger partial charge is 0.534 e. The molecule has 0 amide bonds. The zero-order chi connectivity index (χ0) is 17.1. The highest BCUT2D eigenvalue weighted by atomic mass is 32.2. The summed E-state index contributed by atoms with van der Waals surface area (Å²) in [5, 5.41) is 1.20. The summed E-state index contributed by atoms with van der Waals surface area (Å²) in [6.07, 6.45) is 0.482. The molecule has 0 saturated carbocycles. The van der Waals surface area contributed by atoms with Gasteiger partial charge >= 0.3 is 15.6 Å². The maximum Gasteiger partial charge on any atom is 0.534 e. The minimum Gasteiger partial charge on any atom is -0.468 e. The van der Waals surface area contributed by atoms with Crippen molar-refractivity contribution in [1.82, 2.24) is 0 Å². The number of benzene rings is 2. The number of carbonyl (C=O) groups is 1. The van der Waals surface area contributed by atoms with Gasteiger partial charge in [-0.2, -0.15) is 21.6 Å². The molecule has 124 valence electrons. The second-order valence-electron chi connectivity index (χ2n) is 4.54. The van der Waals surface area contributed by atoms with Crippen LogP contribution in [0.1, 0.15) is 5.56 Å². The highest BCUT2D eigenvalue weighted by Gasteiger charge is 2.48. The molecule has 0 fully saturated rings. The number of ether oxygens (including phenoxy) is 1. The first-order chi connectivity index (χ1) is 10.7. The Hall–Kier alpha value is -2.29. The van der Waals surface area contributed by atoms with E-state index in [4.69, 9.17) is 0 Å². The number of rotatable bonds is 6. The van der Waals surface area contributed by atoms with Gasteiger partial charge in [-0.3, -0.25) is 4.79 Å². The quantitative estimate of drug-likeness (QED) is 0.347. The van der Waals surface area contributed by atoms with E-state index in [9.17, 15) is 26.4 Å². The van der Waals surface area contributed by atoms with Crippen molar-refractivity contribution in [2.24, 2.45) is 0 Å². The van der Waals surface area contributed by atoms with Gasteiger partial charge in [-0.05, 0) is 28.5 Å². The molecule has 2 rings (SSSR count). The number of halogens is 3.